The molecule has 0 aliphatic carbocycles. The lowest BCUT2D eigenvalue weighted by molar-refractivity contribution is 0.0710. The lowest BCUT2D eigenvalue weighted by Crippen LogP contribution is -2.39. The summed E-state index contributed by atoms with van der Waals surface area (Å²) in [6.45, 7) is 8.17. The minimum atomic E-state index is 0. The van der Waals surface area contributed by atoms with Gasteiger partial charge in [0.05, 0.1) is 23.2 Å². The first-order valence-corrected chi connectivity index (χ1v) is 10.3. The number of hydrogen-bond acceptors (Lipinski definition) is 7. The topological polar surface area (TPSA) is 102 Å². The summed E-state index contributed by atoms with van der Waals surface area (Å²) in [6.07, 6.45) is 3.39. The minimum absolute atomic E-state index is 0. The quantitative estimate of drug-likeness (QED) is 0.679. The Kier molecular flexibility index (Phi) is 5.75. The number of fused-ring (bicyclic) bond motifs is 2. The summed E-state index contributed by atoms with van der Waals surface area (Å²) >= 11 is 0. The monoisotopic (exact) mass is 431 g/mol. The SMILES string of the molecule is CC(C)c1noc2ncc(C(=O)N3CCC(c4nnc5n4CCNC5)CC3)cc12.Cl. The third-order valence-electron chi connectivity index (χ3n) is 5.95. The number of carbonyl (C=O) groups excluding carboxylic acids is 1. The van der Waals surface area contributed by atoms with Gasteiger partial charge in [0, 0.05) is 38.3 Å². The van der Waals surface area contributed by atoms with E-state index in [-0.39, 0.29) is 24.2 Å². The van der Waals surface area contributed by atoms with Gasteiger partial charge >= 0.3 is 0 Å². The van der Waals surface area contributed by atoms with E-state index in [1.165, 1.54) is 0 Å². The molecule has 30 heavy (non-hydrogen) atoms. The fourth-order valence-electron chi connectivity index (χ4n) is 4.32. The number of pyridine rings is 1. The van der Waals surface area contributed by atoms with Gasteiger partial charge < -0.3 is 19.3 Å². The zero-order valence-corrected chi connectivity index (χ0v) is 18.0. The van der Waals surface area contributed by atoms with Crippen molar-refractivity contribution in [1.82, 2.24) is 35.1 Å². The van der Waals surface area contributed by atoms with E-state index in [0.717, 1.165) is 55.2 Å². The van der Waals surface area contributed by atoms with Crippen LogP contribution in [0.5, 0.6) is 0 Å². The van der Waals surface area contributed by atoms with Crippen LogP contribution in [0.3, 0.4) is 0 Å². The number of carbonyl (C=O) groups is 1. The molecule has 2 aliphatic rings. The molecule has 0 spiro atoms. The molecule has 0 atom stereocenters. The van der Waals surface area contributed by atoms with Gasteiger partial charge in [0.2, 0.25) is 0 Å². The number of nitrogens with zero attached hydrogens (tertiary/aromatic N) is 6. The Morgan fingerprint density at radius 3 is 2.80 bits per heavy atom. The minimum Gasteiger partial charge on any atom is -0.339 e. The molecule has 1 fully saturated rings. The van der Waals surface area contributed by atoms with Crippen molar-refractivity contribution >= 4 is 29.4 Å². The van der Waals surface area contributed by atoms with E-state index in [1.807, 2.05) is 11.0 Å². The molecule has 0 aromatic carbocycles. The van der Waals surface area contributed by atoms with Crippen molar-refractivity contribution < 1.29 is 9.32 Å². The average molecular weight is 432 g/mol. The summed E-state index contributed by atoms with van der Waals surface area (Å²) < 4.78 is 7.53. The molecule has 160 valence electrons. The molecule has 0 bridgehead atoms. The molecule has 0 unspecified atom stereocenters. The van der Waals surface area contributed by atoms with Crippen LogP contribution in [0.1, 0.15) is 66.2 Å². The second kappa shape index (κ2) is 8.31. The lowest BCUT2D eigenvalue weighted by atomic mass is 9.95. The average Bonchev–Trinajstić information content (AvgIpc) is 3.37. The van der Waals surface area contributed by atoms with Crippen LogP contribution in [0.4, 0.5) is 0 Å². The number of likely N-dealkylation sites (tertiary alicyclic amines) is 1. The number of nitrogens with one attached hydrogen (secondary N) is 1. The fraction of sp³-hybridized carbons (Fsp3) is 0.550. The number of aromatic nitrogens is 5. The van der Waals surface area contributed by atoms with Crippen LogP contribution in [0.2, 0.25) is 0 Å². The molecular formula is C20H26ClN7O2. The van der Waals surface area contributed by atoms with E-state index < -0.39 is 0 Å². The highest BCUT2D eigenvalue weighted by Gasteiger charge is 2.29. The van der Waals surface area contributed by atoms with Crippen LogP contribution in [-0.4, -0.2) is 55.3 Å². The summed E-state index contributed by atoms with van der Waals surface area (Å²) in [7, 11) is 0. The molecule has 3 aromatic rings. The Hall–Kier alpha value is -2.52. The van der Waals surface area contributed by atoms with Crippen LogP contribution in [-0.2, 0) is 13.1 Å². The number of amides is 1. The fourth-order valence-corrected chi connectivity index (χ4v) is 4.32. The van der Waals surface area contributed by atoms with E-state index in [1.54, 1.807) is 6.20 Å². The first-order chi connectivity index (χ1) is 14.1. The molecule has 9 nitrogen and oxygen atoms in total. The molecule has 0 saturated carbocycles. The van der Waals surface area contributed by atoms with E-state index in [9.17, 15) is 4.79 Å². The second-order valence-electron chi connectivity index (χ2n) is 8.17. The maximum Gasteiger partial charge on any atom is 0.257 e. The third-order valence-corrected chi connectivity index (χ3v) is 5.95. The van der Waals surface area contributed by atoms with Crippen molar-refractivity contribution in [2.24, 2.45) is 0 Å². The van der Waals surface area contributed by atoms with Crippen molar-refractivity contribution in [3.63, 3.8) is 0 Å². The Bertz CT molecular complexity index is 1050. The molecular weight excluding hydrogens is 406 g/mol. The van der Waals surface area contributed by atoms with Gasteiger partial charge in [-0.15, -0.1) is 22.6 Å². The summed E-state index contributed by atoms with van der Waals surface area (Å²) in [4.78, 5) is 19.3. The highest BCUT2D eigenvalue weighted by atomic mass is 35.5. The first kappa shape index (κ1) is 20.7. The van der Waals surface area contributed by atoms with Crippen molar-refractivity contribution in [2.75, 3.05) is 19.6 Å². The summed E-state index contributed by atoms with van der Waals surface area (Å²) in [5.41, 5.74) is 1.91. The van der Waals surface area contributed by atoms with Gasteiger partial charge in [0.15, 0.2) is 0 Å². The Labute approximate surface area is 180 Å². The molecule has 3 aromatic heterocycles. The number of hydrogen-bond donors (Lipinski definition) is 1. The van der Waals surface area contributed by atoms with Gasteiger partial charge in [-0.2, -0.15) is 0 Å². The summed E-state index contributed by atoms with van der Waals surface area (Å²) in [6, 6.07) is 1.87. The normalized spacial score (nSPS) is 17.2. The zero-order chi connectivity index (χ0) is 20.0. The third kappa shape index (κ3) is 3.56. The van der Waals surface area contributed by atoms with Crippen LogP contribution in [0.15, 0.2) is 16.8 Å². The Morgan fingerprint density at radius 2 is 2.03 bits per heavy atom. The molecule has 10 heteroatoms. The summed E-state index contributed by atoms with van der Waals surface area (Å²) in [5, 5.41) is 17.0. The van der Waals surface area contributed by atoms with Gasteiger partial charge in [-0.3, -0.25) is 4.79 Å². The first-order valence-electron chi connectivity index (χ1n) is 10.3. The van der Waals surface area contributed by atoms with Crippen LogP contribution in [0, 0.1) is 0 Å². The lowest BCUT2D eigenvalue weighted by Gasteiger charge is -2.32. The highest BCUT2D eigenvalue weighted by molar-refractivity contribution is 5.97. The van der Waals surface area contributed by atoms with Gasteiger partial charge in [0.1, 0.15) is 11.6 Å². The molecule has 0 radical (unpaired) electrons. The predicted molar refractivity (Wildman–Crippen MR) is 113 cm³/mol. The maximum atomic E-state index is 13.1. The molecule has 1 saturated heterocycles. The number of halogens is 1. The van der Waals surface area contributed by atoms with Gasteiger partial charge in [-0.05, 0) is 24.8 Å². The Balaban J connectivity index is 0.00000218. The molecule has 1 N–H and O–H groups in total. The second-order valence-corrected chi connectivity index (χ2v) is 8.17. The van der Waals surface area contributed by atoms with Crippen LogP contribution < -0.4 is 5.32 Å². The van der Waals surface area contributed by atoms with Crippen LogP contribution in [0.25, 0.3) is 11.1 Å². The van der Waals surface area contributed by atoms with Crippen molar-refractivity contribution in [2.45, 2.75) is 51.6 Å². The van der Waals surface area contributed by atoms with Crippen molar-refractivity contribution in [1.29, 1.82) is 0 Å². The molecule has 5 heterocycles. The smallest absolute Gasteiger partial charge is 0.257 e. The maximum absolute atomic E-state index is 13.1. The van der Waals surface area contributed by atoms with Gasteiger partial charge in [0.25, 0.3) is 11.6 Å². The van der Waals surface area contributed by atoms with E-state index >= 15 is 0 Å². The standard InChI is InChI=1S/C20H25N7O2.ClH/c1-12(2)17-15-9-14(10-22-19(15)29-25-17)20(28)26-6-3-13(4-7-26)18-24-23-16-11-21-5-8-27(16)18;/h9-10,12-13,21H,3-8,11H2,1-2H3;1H. The Morgan fingerprint density at radius 1 is 1.23 bits per heavy atom. The number of piperidine rings is 1. The molecule has 2 aliphatic heterocycles. The summed E-state index contributed by atoms with van der Waals surface area (Å²) in [5.74, 6) is 2.66. The van der Waals surface area contributed by atoms with Gasteiger partial charge in [-0.25, -0.2) is 4.98 Å². The zero-order valence-electron chi connectivity index (χ0n) is 17.2. The number of rotatable bonds is 3. The van der Waals surface area contributed by atoms with E-state index in [4.69, 9.17) is 4.52 Å². The van der Waals surface area contributed by atoms with Crippen molar-refractivity contribution in [3.8, 4) is 0 Å². The predicted octanol–water partition coefficient (Wildman–Crippen LogP) is 2.48. The van der Waals surface area contributed by atoms with E-state index in [0.29, 0.717) is 30.3 Å². The molecule has 5 rings (SSSR count). The largest absolute Gasteiger partial charge is 0.339 e. The highest BCUT2D eigenvalue weighted by Crippen LogP contribution is 2.29. The van der Waals surface area contributed by atoms with E-state index in [2.05, 4.69) is 44.1 Å². The van der Waals surface area contributed by atoms with Crippen LogP contribution >= 0.6 is 12.4 Å². The van der Waals surface area contributed by atoms with Gasteiger partial charge in [-0.1, -0.05) is 19.0 Å². The van der Waals surface area contributed by atoms with Crippen molar-refractivity contribution in [3.05, 3.63) is 35.2 Å². The molecule has 1 amide bonds.